The van der Waals surface area contributed by atoms with E-state index >= 15 is 0 Å². The quantitative estimate of drug-likeness (QED) is 0.425. The van der Waals surface area contributed by atoms with Crippen LogP contribution < -0.4 is 16.0 Å². The number of hydrogen-bond donors (Lipinski definition) is 2. The highest BCUT2D eigenvalue weighted by atomic mass is 19.1. The summed E-state index contributed by atoms with van der Waals surface area (Å²) in [6.07, 6.45) is 2.55. The van der Waals surface area contributed by atoms with Gasteiger partial charge >= 0.3 is 0 Å². The maximum Gasteiger partial charge on any atom is 0.298 e. The summed E-state index contributed by atoms with van der Waals surface area (Å²) in [5, 5.41) is 6.97. The highest BCUT2D eigenvalue weighted by molar-refractivity contribution is 6.02. The van der Waals surface area contributed by atoms with Gasteiger partial charge in [-0.05, 0) is 55.5 Å². The number of aromatic amines is 1. The van der Waals surface area contributed by atoms with Crippen LogP contribution in [0, 0.1) is 24.6 Å². The summed E-state index contributed by atoms with van der Waals surface area (Å²) in [5.74, 6) is 5.39. The number of nitrogens with zero attached hydrogens (tertiary/aromatic N) is 3. The summed E-state index contributed by atoms with van der Waals surface area (Å²) in [6.45, 7) is 4.39. The number of halogens is 1. The minimum Gasteiger partial charge on any atom is -0.454 e. The minimum absolute atomic E-state index is 0.113. The van der Waals surface area contributed by atoms with Crippen molar-refractivity contribution in [3.05, 3.63) is 70.4 Å². The van der Waals surface area contributed by atoms with Gasteiger partial charge in [0.15, 0.2) is 17.4 Å². The van der Waals surface area contributed by atoms with E-state index < -0.39 is 5.82 Å². The Morgan fingerprint density at radius 3 is 2.75 bits per heavy atom. The van der Waals surface area contributed by atoms with Crippen LogP contribution in [0.2, 0.25) is 0 Å². The molecule has 0 unspecified atom stereocenters. The van der Waals surface area contributed by atoms with E-state index in [1.165, 1.54) is 6.07 Å². The molecule has 182 valence electrons. The lowest BCUT2D eigenvalue weighted by molar-refractivity contribution is -0.124. The molecule has 5 rings (SSSR count). The number of carbonyl (C=O) groups excluding carboxylic acids is 1. The van der Waals surface area contributed by atoms with Gasteiger partial charge < -0.3 is 19.9 Å². The summed E-state index contributed by atoms with van der Waals surface area (Å²) in [6, 6.07) is 11.8. The zero-order valence-corrected chi connectivity index (χ0v) is 19.8. The zero-order chi connectivity index (χ0) is 25.4. The first-order valence-corrected chi connectivity index (χ1v) is 11.5. The number of aryl methyl sites for hydroxylation is 1. The van der Waals surface area contributed by atoms with E-state index in [1.54, 1.807) is 43.0 Å². The van der Waals surface area contributed by atoms with E-state index in [0.29, 0.717) is 41.7 Å². The Kier molecular flexibility index (Phi) is 5.94. The Bertz CT molecular complexity index is 1570. The Hall–Kier alpha value is -4.58. The molecule has 1 aliphatic rings. The molecular formula is C27H24FN5O3. The lowest BCUT2D eigenvalue weighted by Crippen LogP contribution is -2.28. The van der Waals surface area contributed by atoms with E-state index in [2.05, 4.69) is 22.0 Å². The largest absolute Gasteiger partial charge is 0.454 e. The third-order valence-corrected chi connectivity index (χ3v) is 6.41. The molecule has 1 saturated heterocycles. The maximum atomic E-state index is 14.2. The van der Waals surface area contributed by atoms with E-state index in [4.69, 9.17) is 10.5 Å². The molecule has 9 heteroatoms. The summed E-state index contributed by atoms with van der Waals surface area (Å²) in [5.41, 5.74) is 8.46. The molecule has 3 N–H and O–H groups in total. The van der Waals surface area contributed by atoms with Gasteiger partial charge in [-0.25, -0.2) is 9.49 Å². The molecule has 1 atom stereocenters. The average molecular weight is 486 g/mol. The van der Waals surface area contributed by atoms with Crippen LogP contribution in [0.5, 0.6) is 11.5 Å². The number of likely N-dealkylation sites (tertiary alicyclic amines) is 1. The molecule has 4 aromatic rings. The molecule has 0 aliphatic carbocycles. The molecule has 2 aromatic heterocycles. The summed E-state index contributed by atoms with van der Waals surface area (Å²) >= 11 is 0. The standard InChI is InChI=1S/C27H24FN5O3/c1-3-5-22(34)32-13-12-18(14-32)33-15-20(23-24(33)27(35)31-30-26(23)29)17-8-10-19(11-9-17)36-25-16(2)6-4-7-21(25)28/h4,6-11,15,18H,12-14H2,1-2H3,(H2,29,30)(H,31,35)/t18-/m1/s1. The van der Waals surface area contributed by atoms with Crippen LogP contribution in [0.15, 0.2) is 53.5 Å². The van der Waals surface area contributed by atoms with Crippen LogP contribution in [0.25, 0.3) is 22.0 Å². The third kappa shape index (κ3) is 4.07. The van der Waals surface area contributed by atoms with Crippen molar-refractivity contribution in [1.29, 1.82) is 0 Å². The van der Waals surface area contributed by atoms with Crippen LogP contribution >= 0.6 is 0 Å². The van der Waals surface area contributed by atoms with Gasteiger partial charge in [0.1, 0.15) is 11.3 Å². The van der Waals surface area contributed by atoms with E-state index in [0.717, 1.165) is 11.1 Å². The number of nitrogens with one attached hydrogen (secondary N) is 1. The van der Waals surface area contributed by atoms with Crippen molar-refractivity contribution in [3.8, 4) is 34.5 Å². The van der Waals surface area contributed by atoms with Crippen LogP contribution in [0.1, 0.15) is 24.9 Å². The SMILES string of the molecule is CC#CC(=O)N1CC[C@@H](n2cc(-c3ccc(Oc4c(C)cccc4F)cc3)c3c(N)n[nH]c(=O)c32)C1. The minimum atomic E-state index is -0.436. The molecule has 8 nitrogen and oxygen atoms in total. The molecule has 3 heterocycles. The maximum absolute atomic E-state index is 14.2. The van der Waals surface area contributed by atoms with Crippen molar-refractivity contribution >= 4 is 22.6 Å². The number of rotatable bonds is 4. The van der Waals surface area contributed by atoms with Gasteiger partial charge in [-0.15, -0.1) is 0 Å². The number of fused-ring (bicyclic) bond motifs is 1. The number of aromatic nitrogens is 3. The first-order valence-electron chi connectivity index (χ1n) is 11.5. The first-order chi connectivity index (χ1) is 17.4. The number of nitrogen functional groups attached to an aromatic ring is 1. The van der Waals surface area contributed by atoms with Crippen molar-refractivity contribution in [3.63, 3.8) is 0 Å². The van der Waals surface area contributed by atoms with Gasteiger partial charge in [-0.3, -0.25) is 9.59 Å². The molecule has 0 spiro atoms. The van der Waals surface area contributed by atoms with Crippen molar-refractivity contribution in [1.82, 2.24) is 19.7 Å². The summed E-state index contributed by atoms with van der Waals surface area (Å²) < 4.78 is 21.9. The van der Waals surface area contributed by atoms with E-state index in [9.17, 15) is 14.0 Å². The molecule has 1 fully saturated rings. The van der Waals surface area contributed by atoms with E-state index in [1.807, 2.05) is 22.9 Å². The highest BCUT2D eigenvalue weighted by Crippen LogP contribution is 2.37. The Labute approximate surface area is 206 Å². The van der Waals surface area contributed by atoms with Crippen LogP contribution in [0.4, 0.5) is 10.2 Å². The fourth-order valence-corrected chi connectivity index (χ4v) is 4.65. The first kappa shape index (κ1) is 23.2. The lowest BCUT2D eigenvalue weighted by Gasteiger charge is -2.15. The molecule has 0 bridgehead atoms. The van der Waals surface area contributed by atoms with Gasteiger partial charge in [-0.1, -0.05) is 30.2 Å². The fourth-order valence-electron chi connectivity index (χ4n) is 4.65. The number of nitrogens with two attached hydrogens (primary N) is 1. The number of ether oxygens (including phenoxy) is 1. The number of anilines is 1. The zero-order valence-electron chi connectivity index (χ0n) is 19.8. The topological polar surface area (TPSA) is 106 Å². The fraction of sp³-hybridized carbons (Fsp3) is 0.222. The second-order valence-corrected chi connectivity index (χ2v) is 8.69. The molecule has 1 aliphatic heterocycles. The summed E-state index contributed by atoms with van der Waals surface area (Å²) in [4.78, 5) is 26.8. The number of H-pyrrole nitrogens is 1. The molecule has 0 saturated carbocycles. The Morgan fingerprint density at radius 2 is 2.03 bits per heavy atom. The van der Waals surface area contributed by atoms with Crippen molar-refractivity contribution in [2.45, 2.75) is 26.3 Å². The monoisotopic (exact) mass is 485 g/mol. The van der Waals surface area contributed by atoms with Crippen LogP contribution in [0.3, 0.4) is 0 Å². The second-order valence-electron chi connectivity index (χ2n) is 8.69. The van der Waals surface area contributed by atoms with Gasteiger partial charge in [0.05, 0.1) is 11.4 Å². The van der Waals surface area contributed by atoms with Crippen LogP contribution in [-0.2, 0) is 4.79 Å². The molecule has 0 radical (unpaired) electrons. The molecule has 36 heavy (non-hydrogen) atoms. The number of amides is 1. The van der Waals surface area contributed by atoms with Gasteiger partial charge in [-0.2, -0.15) is 5.10 Å². The number of hydrogen-bond acceptors (Lipinski definition) is 5. The van der Waals surface area contributed by atoms with Gasteiger partial charge in [0.25, 0.3) is 11.5 Å². The number of carbonyl (C=O) groups is 1. The number of benzene rings is 2. The molecule has 1 amide bonds. The van der Waals surface area contributed by atoms with Gasteiger partial charge in [0.2, 0.25) is 0 Å². The van der Waals surface area contributed by atoms with Crippen molar-refractivity contribution in [2.75, 3.05) is 18.8 Å². The smallest absolute Gasteiger partial charge is 0.298 e. The van der Waals surface area contributed by atoms with E-state index in [-0.39, 0.29) is 29.1 Å². The van der Waals surface area contributed by atoms with Crippen molar-refractivity contribution < 1.29 is 13.9 Å². The molecule has 2 aromatic carbocycles. The highest BCUT2D eigenvalue weighted by Gasteiger charge is 2.29. The van der Waals surface area contributed by atoms with Gasteiger partial charge in [0, 0.05) is 24.8 Å². The summed E-state index contributed by atoms with van der Waals surface area (Å²) in [7, 11) is 0. The van der Waals surface area contributed by atoms with Crippen molar-refractivity contribution in [2.24, 2.45) is 0 Å². The lowest BCUT2D eigenvalue weighted by atomic mass is 10.1. The average Bonchev–Trinajstić information content (AvgIpc) is 3.51. The second kappa shape index (κ2) is 9.23. The molecular weight excluding hydrogens is 461 g/mol. The number of para-hydroxylation sites is 1. The third-order valence-electron chi connectivity index (χ3n) is 6.41. The Morgan fingerprint density at radius 1 is 1.25 bits per heavy atom. The normalized spacial score (nSPS) is 15.1. The predicted octanol–water partition coefficient (Wildman–Crippen LogP) is 4.01. The Balaban J connectivity index is 1.52. The van der Waals surface area contributed by atoms with Crippen LogP contribution in [-0.4, -0.2) is 38.7 Å². The predicted molar refractivity (Wildman–Crippen MR) is 135 cm³/mol.